The first-order chi connectivity index (χ1) is 21.9. The Morgan fingerprint density at radius 1 is 1.20 bits per heavy atom. The van der Waals surface area contributed by atoms with Gasteiger partial charge in [-0.25, -0.2) is 14.5 Å². The summed E-state index contributed by atoms with van der Waals surface area (Å²) in [6, 6.07) is 10.1. The van der Waals surface area contributed by atoms with Gasteiger partial charge < -0.3 is 19.5 Å². The highest BCUT2D eigenvalue weighted by Gasteiger charge is 2.32. The number of alkyl halides is 3. The lowest BCUT2D eigenvalue weighted by Crippen LogP contribution is -2.32. The van der Waals surface area contributed by atoms with Crippen molar-refractivity contribution >= 4 is 46.2 Å². The van der Waals surface area contributed by atoms with E-state index in [1.807, 2.05) is 32.0 Å². The van der Waals surface area contributed by atoms with Crippen LogP contribution in [0.1, 0.15) is 37.2 Å². The number of methoxy groups -OCH3 is 1. The summed E-state index contributed by atoms with van der Waals surface area (Å²) in [7, 11) is 1.56. The van der Waals surface area contributed by atoms with Gasteiger partial charge in [0, 0.05) is 18.4 Å². The monoisotopic (exact) mass is 678 g/mol. The smallest absolute Gasteiger partial charge is 0.489 e. The molecule has 11 nitrogen and oxygen atoms in total. The molecule has 0 bridgehead atoms. The second kappa shape index (κ2) is 15.3. The lowest BCUT2D eigenvalue weighted by Gasteiger charge is -2.20. The Labute approximate surface area is 272 Å². The summed E-state index contributed by atoms with van der Waals surface area (Å²) in [5, 5.41) is 7.44. The van der Waals surface area contributed by atoms with E-state index in [2.05, 4.69) is 25.1 Å². The second-order valence-corrected chi connectivity index (χ2v) is 11.1. The topological polar surface area (TPSA) is 120 Å². The minimum absolute atomic E-state index is 0.0509. The van der Waals surface area contributed by atoms with E-state index in [9.17, 15) is 22.8 Å². The molecule has 2 aromatic carbocycles. The molecule has 244 valence electrons. The number of urea groups is 1. The maximum atomic E-state index is 12.9. The van der Waals surface area contributed by atoms with E-state index in [1.165, 1.54) is 46.3 Å². The largest absolute Gasteiger partial charge is 0.573 e. The normalized spacial score (nSPS) is 15.3. The minimum atomic E-state index is -4.78. The number of thioether (sulfide) groups is 1. The van der Waals surface area contributed by atoms with Crippen LogP contribution in [0.2, 0.25) is 0 Å². The number of halogens is 4. The summed E-state index contributed by atoms with van der Waals surface area (Å²) < 4.78 is 53.4. The van der Waals surface area contributed by atoms with Crippen LogP contribution in [0.25, 0.3) is 5.69 Å². The maximum absolute atomic E-state index is 12.9. The number of nitrogens with zero attached hydrogens (tertiary/aromatic N) is 5. The number of aliphatic imine (C=N–C) groups is 1. The van der Waals surface area contributed by atoms with Crippen LogP contribution in [-0.4, -0.2) is 51.1 Å². The third-order valence-electron chi connectivity index (χ3n) is 6.32. The van der Waals surface area contributed by atoms with Gasteiger partial charge in [-0.2, -0.15) is 4.99 Å². The van der Waals surface area contributed by atoms with E-state index in [4.69, 9.17) is 21.1 Å². The van der Waals surface area contributed by atoms with E-state index in [0.29, 0.717) is 35.1 Å². The first-order valence-electron chi connectivity index (χ1n) is 13.8. The standard InChI is InChI=1S/C30H30ClF3N6O5S/c1-5-21(36-28(42)37-29-40(27(41)16-46-29)25-12-18(2)6-7-20(25)14-43-4)13-24(31)19(3)44-15-26-35-17-39(38-26)22-8-10-23(11-9-22)45-30(32,33)34/h6-13,17H,5,14-16H2,1-4H3,(H,36,42)/b21-13+,24-19-,37-29-. The molecule has 1 aliphatic heterocycles. The van der Waals surface area contributed by atoms with Crippen molar-refractivity contribution in [2.24, 2.45) is 4.99 Å². The van der Waals surface area contributed by atoms with Crippen molar-refractivity contribution in [3.05, 3.63) is 88.3 Å². The Bertz CT molecular complexity index is 1670. The van der Waals surface area contributed by atoms with Crippen LogP contribution in [0, 0.1) is 6.92 Å². The number of nitrogens with one attached hydrogen (secondary N) is 1. The Morgan fingerprint density at radius 3 is 2.61 bits per heavy atom. The van der Waals surface area contributed by atoms with E-state index < -0.39 is 12.4 Å². The molecule has 1 fully saturated rings. The molecule has 1 aliphatic rings. The number of allylic oxidation sites excluding steroid dienone is 4. The van der Waals surface area contributed by atoms with Crippen LogP contribution in [0.5, 0.6) is 5.75 Å². The summed E-state index contributed by atoms with van der Waals surface area (Å²) in [6.45, 7) is 5.59. The predicted octanol–water partition coefficient (Wildman–Crippen LogP) is 6.75. The molecule has 16 heteroatoms. The van der Waals surface area contributed by atoms with Crippen LogP contribution in [0.3, 0.4) is 0 Å². The number of anilines is 1. The third-order valence-corrected chi connectivity index (χ3v) is 7.62. The van der Waals surface area contributed by atoms with Gasteiger partial charge in [-0.1, -0.05) is 42.4 Å². The van der Waals surface area contributed by atoms with Gasteiger partial charge in [0.25, 0.3) is 0 Å². The molecule has 3 aromatic rings. The molecule has 0 aliphatic carbocycles. The van der Waals surface area contributed by atoms with Gasteiger partial charge in [-0.15, -0.1) is 18.3 Å². The van der Waals surface area contributed by atoms with Crippen molar-refractivity contribution in [1.29, 1.82) is 0 Å². The molecule has 0 spiro atoms. The second-order valence-electron chi connectivity index (χ2n) is 9.77. The van der Waals surface area contributed by atoms with Crippen molar-refractivity contribution in [1.82, 2.24) is 20.1 Å². The third kappa shape index (κ3) is 9.34. The van der Waals surface area contributed by atoms with Gasteiger partial charge in [0.1, 0.15) is 24.4 Å². The lowest BCUT2D eigenvalue weighted by atomic mass is 10.1. The van der Waals surface area contributed by atoms with Gasteiger partial charge in [0.2, 0.25) is 5.91 Å². The van der Waals surface area contributed by atoms with Gasteiger partial charge in [0.05, 0.1) is 28.8 Å². The Hall–Kier alpha value is -4.34. The first kappa shape index (κ1) is 34.5. The highest BCUT2D eigenvalue weighted by molar-refractivity contribution is 8.15. The zero-order valence-corrected chi connectivity index (χ0v) is 26.8. The number of rotatable bonds is 11. The fraction of sp³-hybridized carbons (Fsp3) is 0.300. The van der Waals surface area contributed by atoms with Crippen molar-refractivity contribution in [2.75, 3.05) is 17.8 Å². The fourth-order valence-corrected chi connectivity index (χ4v) is 5.15. The molecule has 0 radical (unpaired) electrons. The number of aromatic nitrogens is 3. The van der Waals surface area contributed by atoms with E-state index in [1.54, 1.807) is 14.0 Å². The predicted molar refractivity (Wildman–Crippen MR) is 168 cm³/mol. The molecule has 2 heterocycles. The van der Waals surface area contributed by atoms with Gasteiger partial charge in [-0.3, -0.25) is 9.69 Å². The lowest BCUT2D eigenvalue weighted by molar-refractivity contribution is -0.274. The molecule has 0 unspecified atom stereocenters. The molecule has 46 heavy (non-hydrogen) atoms. The number of ether oxygens (including phenoxy) is 3. The number of amidine groups is 1. The number of amides is 3. The fourth-order valence-electron chi connectivity index (χ4n) is 4.10. The average Bonchev–Trinajstić information content (AvgIpc) is 3.62. The quantitative estimate of drug-likeness (QED) is 0.175. The summed E-state index contributed by atoms with van der Waals surface area (Å²) in [5.74, 6) is 0.207. The van der Waals surface area contributed by atoms with Crippen molar-refractivity contribution in [3.63, 3.8) is 0 Å². The van der Waals surface area contributed by atoms with E-state index in [-0.39, 0.29) is 40.8 Å². The maximum Gasteiger partial charge on any atom is 0.573 e. The summed E-state index contributed by atoms with van der Waals surface area (Å²) >= 11 is 7.62. The van der Waals surface area contributed by atoms with Gasteiger partial charge in [0.15, 0.2) is 11.0 Å². The summed E-state index contributed by atoms with van der Waals surface area (Å²) in [5.41, 5.74) is 3.26. The first-order valence-corrected chi connectivity index (χ1v) is 15.1. The number of carbonyl (C=O) groups excluding carboxylic acids is 2. The highest BCUT2D eigenvalue weighted by Crippen LogP contribution is 2.31. The van der Waals surface area contributed by atoms with Crippen LogP contribution < -0.4 is 15.0 Å². The molecule has 1 saturated heterocycles. The molecule has 3 amide bonds. The van der Waals surface area contributed by atoms with E-state index in [0.717, 1.165) is 22.9 Å². The van der Waals surface area contributed by atoms with Crippen LogP contribution >= 0.6 is 23.4 Å². The van der Waals surface area contributed by atoms with Crippen LogP contribution in [-0.2, 0) is 27.5 Å². The Balaban J connectivity index is 1.40. The molecule has 1 N–H and O–H groups in total. The molecule has 4 rings (SSSR count). The number of benzene rings is 2. The molecular weight excluding hydrogens is 649 g/mol. The molecular formula is C30H30ClF3N6O5S. The van der Waals surface area contributed by atoms with E-state index >= 15 is 0 Å². The summed E-state index contributed by atoms with van der Waals surface area (Å²) in [6.07, 6.45) is -1.45. The van der Waals surface area contributed by atoms with Crippen LogP contribution in [0.4, 0.5) is 23.7 Å². The minimum Gasteiger partial charge on any atom is -0.489 e. The zero-order valence-electron chi connectivity index (χ0n) is 25.2. The zero-order chi connectivity index (χ0) is 33.4. The number of hydrogen-bond donors (Lipinski definition) is 1. The average molecular weight is 679 g/mol. The van der Waals surface area contributed by atoms with Crippen LogP contribution in [0.15, 0.2) is 76.3 Å². The highest BCUT2D eigenvalue weighted by atomic mass is 35.5. The summed E-state index contributed by atoms with van der Waals surface area (Å²) in [4.78, 5) is 35.4. The van der Waals surface area contributed by atoms with Crippen molar-refractivity contribution in [2.45, 2.75) is 46.8 Å². The number of carbonyl (C=O) groups is 2. The van der Waals surface area contributed by atoms with Gasteiger partial charge >= 0.3 is 12.4 Å². The number of aryl methyl sites for hydroxylation is 1. The number of hydrogen-bond acceptors (Lipinski definition) is 8. The Morgan fingerprint density at radius 2 is 1.93 bits per heavy atom. The SMILES string of the molecule is CC/C(=C\C(Cl)=C(/C)OCc1ncn(-c2ccc(OC(F)(F)F)cc2)n1)NC(=O)/N=C1\SCC(=O)N1c1cc(C)ccc1COC. The molecule has 0 saturated carbocycles. The van der Waals surface area contributed by atoms with Gasteiger partial charge in [-0.05, 0) is 62.2 Å². The van der Waals surface area contributed by atoms with Crippen molar-refractivity contribution in [3.8, 4) is 11.4 Å². The Kier molecular flexibility index (Phi) is 11.5. The molecule has 1 aromatic heterocycles. The molecule has 0 atom stereocenters. The van der Waals surface area contributed by atoms with Crippen molar-refractivity contribution < 1.29 is 37.0 Å².